The fourth-order valence-corrected chi connectivity index (χ4v) is 3.61. The van der Waals surface area contributed by atoms with E-state index < -0.39 is 0 Å². The first-order valence-electron chi connectivity index (χ1n) is 7.74. The molecule has 0 saturated heterocycles. The van der Waals surface area contributed by atoms with Crippen LogP contribution < -0.4 is 4.80 Å². The molecule has 0 fully saturated rings. The van der Waals surface area contributed by atoms with Gasteiger partial charge in [0.05, 0.1) is 16.8 Å². The highest BCUT2D eigenvalue weighted by Gasteiger charge is 2.10. The van der Waals surface area contributed by atoms with Gasteiger partial charge in [0.25, 0.3) is 0 Å². The van der Waals surface area contributed by atoms with Gasteiger partial charge in [-0.1, -0.05) is 30.7 Å². The van der Waals surface area contributed by atoms with Crippen molar-refractivity contribution in [2.45, 2.75) is 46.6 Å². The van der Waals surface area contributed by atoms with Crippen LogP contribution in [0.3, 0.4) is 0 Å². The molecule has 2 aromatic rings. The second-order valence-corrected chi connectivity index (χ2v) is 6.55. The molecule has 4 nitrogen and oxygen atoms in total. The Labute approximate surface area is 135 Å². The van der Waals surface area contributed by atoms with E-state index in [1.54, 1.807) is 18.4 Å². The molecule has 120 valence electrons. The second kappa shape index (κ2) is 7.70. The van der Waals surface area contributed by atoms with Crippen LogP contribution in [0.15, 0.2) is 17.1 Å². The number of benzene rings is 1. The third-order valence-electron chi connectivity index (χ3n) is 3.60. The standard InChI is InChI=1S/C17H24N2O2S/c1-5-6-7-15(20)18-17-19(8-9-21-4)14-11-12(2)10-13(3)16(14)22-17/h10-11H,5-9H2,1-4H3. The van der Waals surface area contributed by atoms with E-state index in [9.17, 15) is 4.79 Å². The lowest BCUT2D eigenvalue weighted by Gasteiger charge is -2.06. The molecule has 22 heavy (non-hydrogen) atoms. The molecule has 0 aliphatic heterocycles. The molecule has 1 amide bonds. The molecule has 0 aliphatic rings. The Morgan fingerprint density at radius 3 is 2.82 bits per heavy atom. The number of aryl methyl sites for hydroxylation is 2. The predicted octanol–water partition coefficient (Wildman–Crippen LogP) is 3.58. The van der Waals surface area contributed by atoms with Gasteiger partial charge in [0.2, 0.25) is 5.91 Å². The van der Waals surface area contributed by atoms with E-state index in [0.717, 1.165) is 23.2 Å². The quantitative estimate of drug-likeness (QED) is 0.816. The van der Waals surface area contributed by atoms with Crippen LogP contribution in [0.4, 0.5) is 0 Å². The molecule has 0 atom stereocenters. The number of rotatable bonds is 6. The second-order valence-electron chi connectivity index (χ2n) is 5.57. The molecule has 0 N–H and O–H groups in total. The fourth-order valence-electron chi connectivity index (χ4n) is 2.49. The van der Waals surface area contributed by atoms with Gasteiger partial charge in [0.15, 0.2) is 4.80 Å². The van der Waals surface area contributed by atoms with E-state index in [2.05, 4.69) is 42.5 Å². The van der Waals surface area contributed by atoms with E-state index in [1.807, 2.05) is 0 Å². The maximum Gasteiger partial charge on any atom is 0.248 e. The Kier molecular flexibility index (Phi) is 5.91. The van der Waals surface area contributed by atoms with Crippen molar-refractivity contribution in [1.29, 1.82) is 0 Å². The Hall–Kier alpha value is -1.46. The summed E-state index contributed by atoms with van der Waals surface area (Å²) in [5.74, 6) is -0.0334. The van der Waals surface area contributed by atoms with Gasteiger partial charge < -0.3 is 9.30 Å². The van der Waals surface area contributed by atoms with E-state index in [1.165, 1.54) is 15.8 Å². The number of methoxy groups -OCH3 is 1. The molecule has 1 aromatic heterocycles. The van der Waals surface area contributed by atoms with Crippen LogP contribution in [0.5, 0.6) is 0 Å². The Bertz CT molecular complexity index is 728. The average Bonchev–Trinajstić information content (AvgIpc) is 2.80. The first kappa shape index (κ1) is 16.9. The highest BCUT2D eigenvalue weighted by molar-refractivity contribution is 7.16. The van der Waals surface area contributed by atoms with Crippen molar-refractivity contribution in [3.63, 3.8) is 0 Å². The minimum absolute atomic E-state index is 0.0334. The highest BCUT2D eigenvalue weighted by Crippen LogP contribution is 2.23. The zero-order valence-electron chi connectivity index (χ0n) is 13.8. The summed E-state index contributed by atoms with van der Waals surface area (Å²) in [5, 5.41) is 0. The lowest BCUT2D eigenvalue weighted by Crippen LogP contribution is -2.19. The molecule has 1 heterocycles. The summed E-state index contributed by atoms with van der Waals surface area (Å²) in [7, 11) is 1.69. The minimum atomic E-state index is -0.0334. The Balaban J connectivity index is 2.54. The molecule has 0 saturated carbocycles. The number of amides is 1. The van der Waals surface area contributed by atoms with Crippen LogP contribution in [0.2, 0.25) is 0 Å². The summed E-state index contributed by atoms with van der Waals surface area (Å²) in [5.41, 5.74) is 3.59. The Morgan fingerprint density at radius 2 is 2.14 bits per heavy atom. The number of fused-ring (bicyclic) bond motifs is 1. The van der Waals surface area contributed by atoms with Crippen LogP contribution in [-0.2, 0) is 16.1 Å². The van der Waals surface area contributed by atoms with Crippen molar-refractivity contribution in [2.75, 3.05) is 13.7 Å². The van der Waals surface area contributed by atoms with Crippen molar-refractivity contribution >= 4 is 27.5 Å². The molecule has 2 rings (SSSR count). The van der Waals surface area contributed by atoms with Crippen LogP contribution >= 0.6 is 11.3 Å². The number of carbonyl (C=O) groups excluding carboxylic acids is 1. The number of thiazole rings is 1. The van der Waals surface area contributed by atoms with Crippen LogP contribution in [-0.4, -0.2) is 24.2 Å². The fraction of sp³-hybridized carbons (Fsp3) is 0.529. The lowest BCUT2D eigenvalue weighted by atomic mass is 10.1. The molecular weight excluding hydrogens is 296 g/mol. The van der Waals surface area contributed by atoms with Gasteiger partial charge in [-0.3, -0.25) is 4.79 Å². The van der Waals surface area contributed by atoms with Crippen molar-refractivity contribution in [3.8, 4) is 0 Å². The molecule has 0 bridgehead atoms. The van der Waals surface area contributed by atoms with Crippen molar-refractivity contribution in [3.05, 3.63) is 28.1 Å². The summed E-state index contributed by atoms with van der Waals surface area (Å²) in [6.07, 6.45) is 2.42. The number of hydrogen-bond acceptors (Lipinski definition) is 3. The van der Waals surface area contributed by atoms with Gasteiger partial charge in [-0.15, -0.1) is 0 Å². The van der Waals surface area contributed by atoms with Gasteiger partial charge in [-0.05, 0) is 37.5 Å². The molecule has 5 heteroatoms. The molecule has 1 aromatic carbocycles. The smallest absolute Gasteiger partial charge is 0.248 e. The summed E-state index contributed by atoms with van der Waals surface area (Å²) in [4.78, 5) is 17.1. The van der Waals surface area contributed by atoms with Crippen LogP contribution in [0, 0.1) is 13.8 Å². The van der Waals surface area contributed by atoms with Gasteiger partial charge in [-0.2, -0.15) is 4.99 Å². The summed E-state index contributed by atoms with van der Waals surface area (Å²) in [6.45, 7) is 7.59. The predicted molar refractivity (Wildman–Crippen MR) is 91.3 cm³/mol. The summed E-state index contributed by atoms with van der Waals surface area (Å²) in [6, 6.07) is 4.33. The normalized spacial score (nSPS) is 12.3. The monoisotopic (exact) mass is 320 g/mol. The van der Waals surface area contributed by atoms with Gasteiger partial charge >= 0.3 is 0 Å². The number of ether oxygens (including phenoxy) is 1. The first-order valence-corrected chi connectivity index (χ1v) is 8.55. The maximum absolute atomic E-state index is 12.0. The van der Waals surface area contributed by atoms with Crippen LogP contribution in [0.25, 0.3) is 10.2 Å². The van der Waals surface area contributed by atoms with Crippen molar-refractivity contribution in [2.24, 2.45) is 4.99 Å². The van der Waals surface area contributed by atoms with Gasteiger partial charge in [0.1, 0.15) is 0 Å². The van der Waals surface area contributed by atoms with Gasteiger partial charge in [0, 0.05) is 20.1 Å². The Morgan fingerprint density at radius 1 is 1.36 bits per heavy atom. The SMILES string of the molecule is CCCCC(=O)N=c1sc2c(C)cc(C)cc2n1CCOC. The highest BCUT2D eigenvalue weighted by atomic mass is 32.1. The third-order valence-corrected chi connectivity index (χ3v) is 4.83. The largest absolute Gasteiger partial charge is 0.383 e. The molecule has 0 radical (unpaired) electrons. The zero-order chi connectivity index (χ0) is 16.1. The van der Waals surface area contributed by atoms with Crippen LogP contribution in [0.1, 0.15) is 37.3 Å². The number of nitrogens with zero attached hydrogens (tertiary/aromatic N) is 2. The summed E-state index contributed by atoms with van der Waals surface area (Å²) < 4.78 is 8.51. The van der Waals surface area contributed by atoms with E-state index >= 15 is 0 Å². The van der Waals surface area contributed by atoms with E-state index in [4.69, 9.17) is 4.74 Å². The lowest BCUT2D eigenvalue weighted by molar-refractivity contribution is -0.118. The average molecular weight is 320 g/mol. The molecule has 0 unspecified atom stereocenters. The molecule has 0 spiro atoms. The molecular formula is C17H24N2O2S. The number of carbonyl (C=O) groups is 1. The maximum atomic E-state index is 12.0. The van der Waals surface area contributed by atoms with Crippen molar-refractivity contribution < 1.29 is 9.53 Å². The van der Waals surface area contributed by atoms with Crippen molar-refractivity contribution in [1.82, 2.24) is 4.57 Å². The molecule has 0 aliphatic carbocycles. The first-order chi connectivity index (χ1) is 10.6. The number of aromatic nitrogens is 1. The number of hydrogen-bond donors (Lipinski definition) is 0. The van der Waals surface area contributed by atoms with E-state index in [0.29, 0.717) is 19.6 Å². The summed E-state index contributed by atoms with van der Waals surface area (Å²) >= 11 is 1.59. The third kappa shape index (κ3) is 3.84. The number of unbranched alkanes of at least 4 members (excludes halogenated alkanes) is 1. The van der Waals surface area contributed by atoms with E-state index in [-0.39, 0.29) is 5.91 Å². The van der Waals surface area contributed by atoms with Gasteiger partial charge in [-0.25, -0.2) is 0 Å². The topological polar surface area (TPSA) is 43.6 Å². The zero-order valence-corrected chi connectivity index (χ0v) is 14.6. The minimum Gasteiger partial charge on any atom is -0.383 e.